The van der Waals surface area contributed by atoms with Crippen LogP contribution in [0.25, 0.3) is 0 Å². The number of aliphatic hydroxyl groups excluding tert-OH is 1. The van der Waals surface area contributed by atoms with Crippen molar-refractivity contribution in [3.05, 3.63) is 0 Å². The van der Waals surface area contributed by atoms with Crippen LogP contribution in [0.15, 0.2) is 0 Å². The highest BCUT2D eigenvalue weighted by Gasteiger charge is 2.26. The van der Waals surface area contributed by atoms with E-state index < -0.39 is 0 Å². The van der Waals surface area contributed by atoms with E-state index in [1.807, 2.05) is 0 Å². The molecule has 0 aliphatic carbocycles. The fourth-order valence-corrected chi connectivity index (χ4v) is 1.42. The van der Waals surface area contributed by atoms with Crippen LogP contribution in [0.4, 0.5) is 0 Å². The predicted octanol–water partition coefficient (Wildman–Crippen LogP) is 1.18. The fraction of sp³-hybridized carbons (Fsp3) is 1.00. The van der Waals surface area contributed by atoms with E-state index in [0.29, 0.717) is 5.92 Å². The van der Waals surface area contributed by atoms with Gasteiger partial charge < -0.3 is 9.84 Å². The summed E-state index contributed by atoms with van der Waals surface area (Å²) in [4.78, 5) is 0. The summed E-state index contributed by atoms with van der Waals surface area (Å²) in [6.07, 6.45) is 1.76. The maximum Gasteiger partial charge on any atom is 0.0856 e. The normalized spacial score (nSPS) is 34.8. The van der Waals surface area contributed by atoms with E-state index in [-0.39, 0.29) is 12.2 Å². The average molecular weight is 144 g/mol. The fourth-order valence-electron chi connectivity index (χ4n) is 1.42. The lowest BCUT2D eigenvalue weighted by Gasteiger charge is -2.30. The molecule has 1 saturated heterocycles. The Bertz CT molecular complexity index is 101. The predicted molar refractivity (Wildman–Crippen MR) is 39.8 cm³/mol. The summed E-state index contributed by atoms with van der Waals surface area (Å²) in [6.45, 7) is 4.98. The monoisotopic (exact) mass is 144 g/mol. The van der Waals surface area contributed by atoms with Crippen LogP contribution in [0.1, 0.15) is 26.7 Å². The second-order valence-corrected chi connectivity index (χ2v) is 3.29. The van der Waals surface area contributed by atoms with Crippen molar-refractivity contribution in [1.29, 1.82) is 0 Å². The van der Waals surface area contributed by atoms with Gasteiger partial charge in [-0.3, -0.25) is 0 Å². The highest BCUT2D eigenvalue weighted by molar-refractivity contribution is 4.75. The average Bonchev–Trinajstić information content (AvgIpc) is 1.88. The van der Waals surface area contributed by atoms with Crippen LogP contribution in [-0.4, -0.2) is 23.9 Å². The van der Waals surface area contributed by atoms with Crippen molar-refractivity contribution in [2.45, 2.75) is 38.9 Å². The van der Waals surface area contributed by atoms with E-state index in [2.05, 4.69) is 13.8 Å². The number of aliphatic hydroxyl groups is 1. The summed E-state index contributed by atoms with van der Waals surface area (Å²) >= 11 is 0. The van der Waals surface area contributed by atoms with Crippen molar-refractivity contribution in [3.8, 4) is 0 Å². The molecule has 10 heavy (non-hydrogen) atoms. The maximum absolute atomic E-state index is 9.41. The molecule has 1 aliphatic heterocycles. The van der Waals surface area contributed by atoms with Crippen molar-refractivity contribution in [2.24, 2.45) is 5.92 Å². The molecule has 1 heterocycles. The summed E-state index contributed by atoms with van der Waals surface area (Å²) in [7, 11) is 0. The molecule has 0 aromatic carbocycles. The van der Waals surface area contributed by atoms with Crippen LogP contribution in [0.3, 0.4) is 0 Å². The van der Waals surface area contributed by atoms with Gasteiger partial charge in [0, 0.05) is 6.61 Å². The SMILES string of the molecule is CC(C)C1OCCCC1O. The zero-order chi connectivity index (χ0) is 7.56. The molecule has 60 valence electrons. The van der Waals surface area contributed by atoms with Gasteiger partial charge in [0.15, 0.2) is 0 Å². The number of hydrogen-bond acceptors (Lipinski definition) is 2. The lowest BCUT2D eigenvalue weighted by molar-refractivity contribution is -0.0942. The third kappa shape index (κ3) is 1.70. The molecule has 2 nitrogen and oxygen atoms in total. The highest BCUT2D eigenvalue weighted by atomic mass is 16.5. The van der Waals surface area contributed by atoms with Crippen LogP contribution in [-0.2, 0) is 4.74 Å². The Morgan fingerprint density at radius 3 is 2.60 bits per heavy atom. The second-order valence-electron chi connectivity index (χ2n) is 3.29. The smallest absolute Gasteiger partial charge is 0.0856 e. The molecule has 0 aromatic rings. The van der Waals surface area contributed by atoms with Gasteiger partial charge in [0.2, 0.25) is 0 Å². The zero-order valence-electron chi connectivity index (χ0n) is 6.71. The first kappa shape index (κ1) is 8.02. The van der Waals surface area contributed by atoms with Crippen molar-refractivity contribution in [3.63, 3.8) is 0 Å². The molecule has 1 fully saturated rings. The van der Waals surface area contributed by atoms with E-state index in [4.69, 9.17) is 4.74 Å². The minimum absolute atomic E-state index is 0.0775. The summed E-state index contributed by atoms with van der Waals surface area (Å²) in [5, 5.41) is 9.41. The van der Waals surface area contributed by atoms with E-state index in [9.17, 15) is 5.11 Å². The van der Waals surface area contributed by atoms with Crippen molar-refractivity contribution in [2.75, 3.05) is 6.61 Å². The Kier molecular flexibility index (Phi) is 2.69. The van der Waals surface area contributed by atoms with Gasteiger partial charge in [-0.15, -0.1) is 0 Å². The molecule has 0 spiro atoms. The molecule has 1 rings (SSSR count). The molecule has 1 aliphatic rings. The molecule has 2 heteroatoms. The van der Waals surface area contributed by atoms with Gasteiger partial charge in [0.25, 0.3) is 0 Å². The van der Waals surface area contributed by atoms with Gasteiger partial charge in [-0.1, -0.05) is 13.8 Å². The minimum atomic E-state index is -0.228. The number of hydrogen-bond donors (Lipinski definition) is 1. The molecular weight excluding hydrogens is 128 g/mol. The van der Waals surface area contributed by atoms with Crippen molar-refractivity contribution < 1.29 is 9.84 Å². The van der Waals surface area contributed by atoms with Crippen LogP contribution >= 0.6 is 0 Å². The van der Waals surface area contributed by atoms with E-state index in [0.717, 1.165) is 19.4 Å². The molecule has 0 saturated carbocycles. The first-order valence-electron chi connectivity index (χ1n) is 4.01. The topological polar surface area (TPSA) is 29.5 Å². The van der Waals surface area contributed by atoms with Crippen molar-refractivity contribution >= 4 is 0 Å². The summed E-state index contributed by atoms with van der Waals surface area (Å²) < 4.78 is 5.40. The van der Waals surface area contributed by atoms with Crippen LogP contribution in [0, 0.1) is 5.92 Å². The minimum Gasteiger partial charge on any atom is -0.390 e. The first-order chi connectivity index (χ1) is 4.72. The Labute approximate surface area is 62.2 Å². The van der Waals surface area contributed by atoms with Gasteiger partial charge in [-0.2, -0.15) is 0 Å². The molecule has 0 bridgehead atoms. The van der Waals surface area contributed by atoms with Crippen molar-refractivity contribution in [1.82, 2.24) is 0 Å². The Morgan fingerprint density at radius 1 is 1.50 bits per heavy atom. The Hall–Kier alpha value is -0.0800. The Balaban J connectivity index is 2.40. The number of ether oxygens (including phenoxy) is 1. The van der Waals surface area contributed by atoms with Gasteiger partial charge in [0.1, 0.15) is 0 Å². The first-order valence-corrected chi connectivity index (χ1v) is 4.01. The summed E-state index contributed by atoms with van der Waals surface area (Å²) in [5.41, 5.74) is 0. The highest BCUT2D eigenvalue weighted by Crippen LogP contribution is 2.19. The quantitative estimate of drug-likeness (QED) is 0.599. The largest absolute Gasteiger partial charge is 0.390 e. The Morgan fingerprint density at radius 2 is 2.20 bits per heavy atom. The molecule has 0 aromatic heterocycles. The molecule has 0 amide bonds. The third-order valence-electron chi connectivity index (χ3n) is 1.99. The lowest BCUT2D eigenvalue weighted by atomic mass is 9.96. The maximum atomic E-state index is 9.41. The molecule has 2 atom stereocenters. The third-order valence-corrected chi connectivity index (χ3v) is 1.99. The van der Waals surface area contributed by atoms with E-state index in [1.54, 1.807) is 0 Å². The van der Waals surface area contributed by atoms with Gasteiger partial charge in [-0.25, -0.2) is 0 Å². The van der Waals surface area contributed by atoms with E-state index >= 15 is 0 Å². The van der Waals surface area contributed by atoms with Gasteiger partial charge in [0.05, 0.1) is 12.2 Å². The van der Waals surface area contributed by atoms with E-state index in [1.165, 1.54) is 0 Å². The van der Waals surface area contributed by atoms with Crippen LogP contribution in [0.5, 0.6) is 0 Å². The van der Waals surface area contributed by atoms with Gasteiger partial charge >= 0.3 is 0 Å². The zero-order valence-corrected chi connectivity index (χ0v) is 6.71. The summed E-state index contributed by atoms with van der Waals surface area (Å²) in [6, 6.07) is 0. The molecule has 2 unspecified atom stereocenters. The van der Waals surface area contributed by atoms with Crippen LogP contribution in [0.2, 0.25) is 0 Å². The molecule has 0 radical (unpaired) electrons. The second kappa shape index (κ2) is 3.35. The summed E-state index contributed by atoms with van der Waals surface area (Å²) in [5.74, 6) is 0.440. The van der Waals surface area contributed by atoms with Gasteiger partial charge in [-0.05, 0) is 18.8 Å². The molecular formula is C8H16O2. The standard InChI is InChI=1S/C8H16O2/c1-6(2)8-7(9)4-3-5-10-8/h6-9H,3-5H2,1-2H3. The number of rotatable bonds is 1. The lowest BCUT2D eigenvalue weighted by Crippen LogP contribution is -2.37. The van der Waals surface area contributed by atoms with Crippen LogP contribution < -0.4 is 0 Å². The molecule has 1 N–H and O–H groups in total.